The molecule has 2 atom stereocenters. The number of hydrogen-bond donors (Lipinski definition) is 1. The third-order valence-electron chi connectivity index (χ3n) is 4.67. The monoisotopic (exact) mass is 387 g/mol. The van der Waals surface area contributed by atoms with E-state index in [0.29, 0.717) is 16.9 Å². The van der Waals surface area contributed by atoms with Crippen LogP contribution in [0.3, 0.4) is 0 Å². The summed E-state index contributed by atoms with van der Waals surface area (Å²) in [6, 6.07) is 7.96. The number of carbonyl (C=O) groups excluding carboxylic acids is 1. The van der Waals surface area contributed by atoms with Crippen LogP contribution in [0.5, 0.6) is 0 Å². The van der Waals surface area contributed by atoms with Gasteiger partial charge in [0.05, 0.1) is 5.75 Å². The number of anilines is 1. The van der Waals surface area contributed by atoms with Gasteiger partial charge in [0.15, 0.2) is 0 Å². The molecule has 0 unspecified atom stereocenters. The number of nitrogens with zero attached hydrogens (tertiary/aromatic N) is 2. The Bertz CT molecular complexity index is 810. The molecule has 0 aliphatic carbocycles. The zero-order valence-corrected chi connectivity index (χ0v) is 17.3. The van der Waals surface area contributed by atoms with Crippen LogP contribution in [-0.2, 0) is 11.2 Å². The molecule has 1 aliphatic heterocycles. The molecule has 1 aromatic heterocycles. The summed E-state index contributed by atoms with van der Waals surface area (Å²) >= 11 is 3.35. The minimum absolute atomic E-state index is 0.00709. The van der Waals surface area contributed by atoms with Gasteiger partial charge in [0.25, 0.3) is 0 Å². The molecule has 1 aromatic carbocycles. The summed E-state index contributed by atoms with van der Waals surface area (Å²) in [5, 5.41) is 5.61. The fourth-order valence-electron chi connectivity index (χ4n) is 3.35. The van der Waals surface area contributed by atoms with Crippen LogP contribution in [0.25, 0.3) is 0 Å². The van der Waals surface area contributed by atoms with Crippen molar-refractivity contribution in [3.63, 3.8) is 0 Å². The van der Waals surface area contributed by atoms with Gasteiger partial charge in [0.2, 0.25) is 5.91 Å². The number of nitrogens with one attached hydrogen (secondary N) is 1. The molecule has 4 nitrogen and oxygen atoms in total. The SMILES string of the molecule is CCc1ccccc1NC(=O)CSc1nc(C)nc2c1[C@H](CC)[C@@H](C)S2. The van der Waals surface area contributed by atoms with E-state index < -0.39 is 0 Å². The van der Waals surface area contributed by atoms with Gasteiger partial charge in [-0.3, -0.25) is 4.79 Å². The van der Waals surface area contributed by atoms with Crippen LogP contribution in [0, 0.1) is 6.92 Å². The number of aromatic nitrogens is 2. The summed E-state index contributed by atoms with van der Waals surface area (Å²) in [6.45, 7) is 8.47. The highest BCUT2D eigenvalue weighted by Crippen LogP contribution is 2.48. The molecule has 26 heavy (non-hydrogen) atoms. The lowest BCUT2D eigenvalue weighted by atomic mass is 9.96. The normalized spacial score (nSPS) is 18.6. The van der Waals surface area contributed by atoms with Crippen LogP contribution in [-0.4, -0.2) is 26.9 Å². The zero-order chi connectivity index (χ0) is 18.7. The Hall–Kier alpha value is -1.53. The number of carbonyl (C=O) groups is 1. The van der Waals surface area contributed by atoms with Crippen molar-refractivity contribution in [2.75, 3.05) is 11.1 Å². The Balaban J connectivity index is 1.73. The Kier molecular flexibility index (Phi) is 6.24. The molecular formula is C20H25N3OS2. The first-order valence-electron chi connectivity index (χ1n) is 9.09. The van der Waals surface area contributed by atoms with Crippen LogP contribution in [0.2, 0.25) is 0 Å². The molecule has 0 bridgehead atoms. The van der Waals surface area contributed by atoms with Crippen molar-refractivity contribution in [3.05, 3.63) is 41.2 Å². The molecule has 0 radical (unpaired) electrons. The Morgan fingerprint density at radius 3 is 2.77 bits per heavy atom. The van der Waals surface area contributed by atoms with E-state index in [-0.39, 0.29) is 5.91 Å². The van der Waals surface area contributed by atoms with E-state index in [1.807, 2.05) is 43.0 Å². The van der Waals surface area contributed by atoms with Gasteiger partial charge in [-0.15, -0.1) is 11.8 Å². The number of fused-ring (bicyclic) bond motifs is 1. The minimum atomic E-state index is 0.00709. The number of hydrogen-bond acceptors (Lipinski definition) is 5. The van der Waals surface area contributed by atoms with Crippen LogP contribution in [0.1, 0.15) is 50.1 Å². The van der Waals surface area contributed by atoms with E-state index >= 15 is 0 Å². The van der Waals surface area contributed by atoms with E-state index in [4.69, 9.17) is 0 Å². The van der Waals surface area contributed by atoms with Crippen molar-refractivity contribution in [3.8, 4) is 0 Å². The maximum Gasteiger partial charge on any atom is 0.234 e. The lowest BCUT2D eigenvalue weighted by Crippen LogP contribution is -2.16. The molecule has 138 valence electrons. The summed E-state index contributed by atoms with van der Waals surface area (Å²) in [5.74, 6) is 1.60. The second-order valence-electron chi connectivity index (χ2n) is 6.48. The number of aryl methyl sites for hydroxylation is 2. The summed E-state index contributed by atoms with van der Waals surface area (Å²) in [6.07, 6.45) is 1.97. The Morgan fingerprint density at radius 1 is 1.27 bits per heavy atom. The predicted octanol–water partition coefficient (Wildman–Crippen LogP) is 5.07. The number of para-hydroxylation sites is 1. The molecule has 0 saturated carbocycles. The largest absolute Gasteiger partial charge is 0.325 e. The van der Waals surface area contributed by atoms with E-state index in [1.165, 1.54) is 17.3 Å². The average molecular weight is 388 g/mol. The lowest BCUT2D eigenvalue weighted by Gasteiger charge is -2.15. The summed E-state index contributed by atoms with van der Waals surface area (Å²) in [7, 11) is 0. The van der Waals surface area contributed by atoms with E-state index in [0.717, 1.165) is 40.0 Å². The second-order valence-corrected chi connectivity index (χ2v) is 8.81. The predicted molar refractivity (Wildman–Crippen MR) is 110 cm³/mol. The van der Waals surface area contributed by atoms with Crippen LogP contribution >= 0.6 is 23.5 Å². The molecule has 6 heteroatoms. The van der Waals surface area contributed by atoms with Gasteiger partial charge in [-0.1, -0.05) is 50.7 Å². The molecule has 3 rings (SSSR count). The first-order chi connectivity index (χ1) is 12.5. The fourth-order valence-corrected chi connectivity index (χ4v) is 5.76. The summed E-state index contributed by atoms with van der Waals surface area (Å²) in [4.78, 5) is 21.7. The van der Waals surface area contributed by atoms with E-state index in [1.54, 1.807) is 0 Å². The summed E-state index contributed by atoms with van der Waals surface area (Å²) < 4.78 is 0. The van der Waals surface area contributed by atoms with Gasteiger partial charge in [0, 0.05) is 22.4 Å². The van der Waals surface area contributed by atoms with Crippen molar-refractivity contribution < 1.29 is 4.79 Å². The molecule has 2 aromatic rings. The van der Waals surface area contributed by atoms with E-state index in [2.05, 4.69) is 36.1 Å². The second kappa shape index (κ2) is 8.44. The number of benzene rings is 1. The van der Waals surface area contributed by atoms with E-state index in [9.17, 15) is 4.79 Å². The maximum atomic E-state index is 12.5. The fraction of sp³-hybridized carbons (Fsp3) is 0.450. The van der Waals surface area contributed by atoms with Crippen LogP contribution in [0.4, 0.5) is 5.69 Å². The van der Waals surface area contributed by atoms with Crippen molar-refractivity contribution in [1.82, 2.24) is 9.97 Å². The maximum absolute atomic E-state index is 12.5. The van der Waals surface area contributed by atoms with Crippen molar-refractivity contribution in [2.45, 2.75) is 61.8 Å². The summed E-state index contributed by atoms with van der Waals surface area (Å²) in [5.41, 5.74) is 3.29. The smallest absolute Gasteiger partial charge is 0.234 e. The van der Waals surface area contributed by atoms with Gasteiger partial charge in [-0.2, -0.15) is 0 Å². The topological polar surface area (TPSA) is 54.9 Å². The first kappa shape index (κ1) is 19.2. The average Bonchev–Trinajstić information content (AvgIpc) is 2.94. The molecule has 1 amide bonds. The van der Waals surface area contributed by atoms with Crippen molar-refractivity contribution in [1.29, 1.82) is 0 Å². The molecule has 1 N–H and O–H groups in total. The molecule has 0 spiro atoms. The van der Waals surface area contributed by atoms with Gasteiger partial charge >= 0.3 is 0 Å². The van der Waals surface area contributed by atoms with Gasteiger partial charge < -0.3 is 5.32 Å². The zero-order valence-electron chi connectivity index (χ0n) is 15.7. The molecule has 0 fully saturated rings. The highest BCUT2D eigenvalue weighted by atomic mass is 32.2. The third kappa shape index (κ3) is 4.07. The Morgan fingerprint density at radius 2 is 2.04 bits per heavy atom. The standard InChI is InChI=1S/C20H25N3OS2/c1-5-14-9-7-8-10-16(14)23-17(24)11-25-19-18-15(6-2)12(3)26-20(18)22-13(4)21-19/h7-10,12,15H,5-6,11H2,1-4H3,(H,23,24)/t12-,15-/m1/s1. The highest BCUT2D eigenvalue weighted by molar-refractivity contribution is 8.01. The first-order valence-corrected chi connectivity index (χ1v) is 11.0. The van der Waals surface area contributed by atoms with Gasteiger partial charge in [-0.25, -0.2) is 9.97 Å². The third-order valence-corrected chi connectivity index (χ3v) is 6.90. The number of thioether (sulfide) groups is 2. The van der Waals surface area contributed by atoms with Gasteiger partial charge in [0.1, 0.15) is 15.9 Å². The minimum Gasteiger partial charge on any atom is -0.325 e. The quantitative estimate of drug-likeness (QED) is 0.554. The molecule has 1 aliphatic rings. The Labute approximate surface area is 164 Å². The lowest BCUT2D eigenvalue weighted by molar-refractivity contribution is -0.113. The van der Waals surface area contributed by atoms with Crippen molar-refractivity contribution >= 4 is 35.1 Å². The number of rotatable bonds is 6. The molecular weight excluding hydrogens is 362 g/mol. The molecule has 2 heterocycles. The van der Waals surface area contributed by atoms with Gasteiger partial charge in [-0.05, 0) is 31.4 Å². The number of amides is 1. The van der Waals surface area contributed by atoms with Crippen molar-refractivity contribution in [2.24, 2.45) is 0 Å². The van der Waals surface area contributed by atoms with Crippen LogP contribution in [0.15, 0.2) is 34.3 Å². The highest BCUT2D eigenvalue weighted by Gasteiger charge is 2.33. The molecule has 0 saturated heterocycles. The van der Waals surface area contributed by atoms with Crippen LogP contribution < -0.4 is 5.32 Å².